The summed E-state index contributed by atoms with van der Waals surface area (Å²) in [5, 5.41) is 0. The molecule has 110 valence electrons. The highest BCUT2D eigenvalue weighted by atomic mass is 16.5. The molecule has 2 aliphatic rings. The number of hydrogen-bond acceptors (Lipinski definition) is 4. The zero-order valence-corrected chi connectivity index (χ0v) is 12.2. The van der Waals surface area contributed by atoms with Crippen molar-refractivity contribution in [2.45, 2.75) is 32.4 Å². The van der Waals surface area contributed by atoms with Gasteiger partial charge in [0.25, 0.3) is 0 Å². The van der Waals surface area contributed by atoms with Crippen molar-refractivity contribution in [3.05, 3.63) is 23.8 Å². The Balaban J connectivity index is 1.78. The van der Waals surface area contributed by atoms with Crippen LogP contribution < -0.4 is 15.2 Å². The Bertz CT molecular complexity index is 477. The second-order valence-electron chi connectivity index (χ2n) is 6.10. The number of fused-ring (bicyclic) bond motifs is 1. The van der Waals surface area contributed by atoms with Crippen LogP contribution in [0.25, 0.3) is 0 Å². The zero-order valence-electron chi connectivity index (χ0n) is 12.2. The van der Waals surface area contributed by atoms with Crippen LogP contribution in [-0.2, 0) is 4.74 Å². The van der Waals surface area contributed by atoms with Gasteiger partial charge in [-0.25, -0.2) is 0 Å². The summed E-state index contributed by atoms with van der Waals surface area (Å²) in [6, 6.07) is 6.05. The minimum absolute atomic E-state index is 0.00507. The standard InChI is InChI=1S/C16H23NO3/c1-10-7-19-14-4-3-12(6-15(14)20-8-10)16(17)13-5-11(2)18-9-13/h3-4,6,10-11,13,16H,5,7-9,17H2,1-2H3. The van der Waals surface area contributed by atoms with Gasteiger partial charge in [-0.05, 0) is 31.0 Å². The third kappa shape index (κ3) is 2.76. The summed E-state index contributed by atoms with van der Waals surface area (Å²) in [6.07, 6.45) is 1.33. The molecule has 1 fully saturated rings. The summed E-state index contributed by atoms with van der Waals surface area (Å²) in [5.41, 5.74) is 7.49. The molecule has 4 heteroatoms. The molecule has 0 aromatic heterocycles. The van der Waals surface area contributed by atoms with Crippen LogP contribution in [0.15, 0.2) is 18.2 Å². The summed E-state index contributed by atoms with van der Waals surface area (Å²) in [6.45, 7) is 6.35. The summed E-state index contributed by atoms with van der Waals surface area (Å²) in [5.74, 6) is 2.42. The number of rotatable bonds is 2. The smallest absolute Gasteiger partial charge is 0.161 e. The van der Waals surface area contributed by atoms with Crippen LogP contribution in [0, 0.1) is 11.8 Å². The van der Waals surface area contributed by atoms with Crippen LogP contribution in [-0.4, -0.2) is 25.9 Å². The van der Waals surface area contributed by atoms with Crippen molar-refractivity contribution in [1.29, 1.82) is 0 Å². The van der Waals surface area contributed by atoms with Crippen molar-refractivity contribution in [1.82, 2.24) is 0 Å². The fraction of sp³-hybridized carbons (Fsp3) is 0.625. The van der Waals surface area contributed by atoms with Crippen LogP contribution in [0.2, 0.25) is 0 Å². The molecule has 0 spiro atoms. The van der Waals surface area contributed by atoms with E-state index in [0.717, 1.165) is 30.1 Å². The summed E-state index contributed by atoms with van der Waals surface area (Å²) >= 11 is 0. The highest BCUT2D eigenvalue weighted by Gasteiger charge is 2.29. The van der Waals surface area contributed by atoms with E-state index in [-0.39, 0.29) is 6.04 Å². The van der Waals surface area contributed by atoms with E-state index >= 15 is 0 Å². The minimum atomic E-state index is -0.00507. The molecule has 0 aliphatic carbocycles. The molecule has 4 atom stereocenters. The van der Waals surface area contributed by atoms with E-state index in [9.17, 15) is 0 Å². The Kier molecular flexibility index (Phi) is 3.85. The fourth-order valence-corrected chi connectivity index (χ4v) is 2.85. The number of benzene rings is 1. The van der Waals surface area contributed by atoms with Gasteiger partial charge in [-0.15, -0.1) is 0 Å². The zero-order chi connectivity index (χ0) is 14.1. The molecule has 3 rings (SSSR count). The summed E-state index contributed by atoms with van der Waals surface area (Å²) in [7, 11) is 0. The molecule has 0 bridgehead atoms. The van der Waals surface area contributed by atoms with E-state index in [1.54, 1.807) is 0 Å². The van der Waals surface area contributed by atoms with Crippen molar-refractivity contribution in [2.75, 3.05) is 19.8 Å². The van der Waals surface area contributed by atoms with E-state index in [4.69, 9.17) is 19.9 Å². The van der Waals surface area contributed by atoms with Gasteiger partial charge in [0.2, 0.25) is 0 Å². The molecule has 0 amide bonds. The Hall–Kier alpha value is -1.26. The van der Waals surface area contributed by atoms with E-state index in [1.165, 1.54) is 0 Å². The third-order valence-electron chi connectivity index (χ3n) is 4.14. The second kappa shape index (κ2) is 5.62. The molecule has 1 aromatic carbocycles. The van der Waals surface area contributed by atoms with Crippen LogP contribution >= 0.6 is 0 Å². The second-order valence-corrected chi connectivity index (χ2v) is 6.10. The lowest BCUT2D eigenvalue weighted by atomic mass is 9.91. The largest absolute Gasteiger partial charge is 0.489 e. The van der Waals surface area contributed by atoms with E-state index in [2.05, 4.69) is 13.8 Å². The van der Waals surface area contributed by atoms with Gasteiger partial charge in [0.1, 0.15) is 0 Å². The Morgan fingerprint density at radius 2 is 1.85 bits per heavy atom. The Morgan fingerprint density at radius 3 is 2.55 bits per heavy atom. The number of nitrogens with two attached hydrogens (primary N) is 1. The third-order valence-corrected chi connectivity index (χ3v) is 4.14. The van der Waals surface area contributed by atoms with Crippen molar-refractivity contribution >= 4 is 0 Å². The first-order valence-corrected chi connectivity index (χ1v) is 7.40. The van der Waals surface area contributed by atoms with Crippen molar-refractivity contribution in [2.24, 2.45) is 17.6 Å². The van der Waals surface area contributed by atoms with Crippen LogP contribution in [0.3, 0.4) is 0 Å². The van der Waals surface area contributed by atoms with Crippen molar-refractivity contribution < 1.29 is 14.2 Å². The lowest BCUT2D eigenvalue weighted by molar-refractivity contribution is 0.118. The quantitative estimate of drug-likeness (QED) is 0.902. The average molecular weight is 277 g/mol. The first kappa shape index (κ1) is 13.7. The average Bonchev–Trinajstić information content (AvgIpc) is 2.80. The van der Waals surface area contributed by atoms with Gasteiger partial charge < -0.3 is 19.9 Å². The SMILES string of the molecule is CC1COc2ccc(C(N)C3COC(C)C3)cc2OC1. The Morgan fingerprint density at radius 1 is 1.10 bits per heavy atom. The lowest BCUT2D eigenvalue weighted by Gasteiger charge is -2.19. The predicted octanol–water partition coefficient (Wildman–Crippen LogP) is 2.52. The van der Waals surface area contributed by atoms with Gasteiger partial charge in [-0.1, -0.05) is 13.0 Å². The van der Waals surface area contributed by atoms with Gasteiger partial charge in [0.05, 0.1) is 25.9 Å². The van der Waals surface area contributed by atoms with E-state index < -0.39 is 0 Å². The summed E-state index contributed by atoms with van der Waals surface area (Å²) in [4.78, 5) is 0. The molecule has 4 nitrogen and oxygen atoms in total. The lowest BCUT2D eigenvalue weighted by Crippen LogP contribution is -2.21. The maximum absolute atomic E-state index is 6.39. The Labute approximate surface area is 120 Å². The molecule has 4 unspecified atom stereocenters. The van der Waals surface area contributed by atoms with E-state index in [1.807, 2.05) is 18.2 Å². The molecular weight excluding hydrogens is 254 g/mol. The first-order chi connectivity index (χ1) is 9.63. The normalized spacial score (nSPS) is 30.9. The molecule has 2 aliphatic heterocycles. The summed E-state index contributed by atoms with van der Waals surface area (Å²) < 4.78 is 17.2. The molecule has 0 radical (unpaired) electrons. The van der Waals surface area contributed by atoms with E-state index in [0.29, 0.717) is 31.2 Å². The maximum atomic E-state index is 6.39. The van der Waals surface area contributed by atoms with Gasteiger partial charge >= 0.3 is 0 Å². The molecule has 1 saturated heterocycles. The van der Waals surface area contributed by atoms with Crippen molar-refractivity contribution in [3.63, 3.8) is 0 Å². The molecule has 20 heavy (non-hydrogen) atoms. The molecular formula is C16H23NO3. The molecule has 2 heterocycles. The maximum Gasteiger partial charge on any atom is 0.161 e. The minimum Gasteiger partial charge on any atom is -0.489 e. The van der Waals surface area contributed by atoms with Gasteiger partial charge in [0.15, 0.2) is 11.5 Å². The van der Waals surface area contributed by atoms with Crippen LogP contribution in [0.4, 0.5) is 0 Å². The predicted molar refractivity (Wildman–Crippen MR) is 77.0 cm³/mol. The topological polar surface area (TPSA) is 53.7 Å². The van der Waals surface area contributed by atoms with Gasteiger partial charge in [-0.3, -0.25) is 0 Å². The highest BCUT2D eigenvalue weighted by molar-refractivity contribution is 5.44. The number of ether oxygens (including phenoxy) is 3. The van der Waals surface area contributed by atoms with Crippen molar-refractivity contribution in [3.8, 4) is 11.5 Å². The fourth-order valence-electron chi connectivity index (χ4n) is 2.85. The molecule has 2 N–H and O–H groups in total. The first-order valence-electron chi connectivity index (χ1n) is 7.40. The van der Waals surface area contributed by atoms with Crippen LogP contribution in [0.1, 0.15) is 31.9 Å². The number of hydrogen-bond donors (Lipinski definition) is 1. The van der Waals surface area contributed by atoms with Gasteiger partial charge in [-0.2, -0.15) is 0 Å². The van der Waals surface area contributed by atoms with Crippen LogP contribution in [0.5, 0.6) is 11.5 Å². The molecule has 0 saturated carbocycles. The highest BCUT2D eigenvalue weighted by Crippen LogP contribution is 2.36. The monoisotopic (exact) mass is 277 g/mol. The van der Waals surface area contributed by atoms with Gasteiger partial charge in [0, 0.05) is 17.9 Å². The molecule has 1 aromatic rings.